The average molecular weight is 278 g/mol. The van der Waals surface area contributed by atoms with E-state index in [1.54, 1.807) is 19.2 Å². The van der Waals surface area contributed by atoms with Crippen LogP contribution in [-0.4, -0.2) is 42.8 Å². The van der Waals surface area contributed by atoms with E-state index in [-0.39, 0.29) is 6.04 Å². The number of aromatic hydroxyl groups is 1. The van der Waals surface area contributed by atoms with E-state index in [1.165, 1.54) is 12.8 Å². The summed E-state index contributed by atoms with van der Waals surface area (Å²) in [5, 5.41) is 13.4. The molecule has 1 saturated carbocycles. The molecule has 2 N–H and O–H groups in total. The minimum atomic E-state index is 0.114. The highest BCUT2D eigenvalue weighted by atomic mass is 16.5. The molecule has 1 aromatic rings. The van der Waals surface area contributed by atoms with Crippen molar-refractivity contribution in [3.05, 3.63) is 23.8 Å². The van der Waals surface area contributed by atoms with E-state index in [4.69, 9.17) is 4.74 Å². The maximum atomic E-state index is 9.95. The molecule has 0 aromatic heterocycles. The van der Waals surface area contributed by atoms with Crippen LogP contribution in [0.5, 0.6) is 11.5 Å². The van der Waals surface area contributed by atoms with Crippen LogP contribution in [0.4, 0.5) is 0 Å². The molecule has 0 amide bonds. The first-order chi connectivity index (χ1) is 9.65. The molecule has 0 bridgehead atoms. The Morgan fingerprint density at radius 1 is 1.45 bits per heavy atom. The summed E-state index contributed by atoms with van der Waals surface area (Å²) in [6, 6.07) is 6.28. The fraction of sp³-hybridized carbons (Fsp3) is 0.625. The van der Waals surface area contributed by atoms with Crippen LogP contribution in [0.25, 0.3) is 0 Å². The molecule has 1 aliphatic carbocycles. The lowest BCUT2D eigenvalue weighted by atomic mass is 10.1. The maximum Gasteiger partial charge on any atom is 0.120 e. The van der Waals surface area contributed by atoms with Crippen LogP contribution in [0, 0.1) is 0 Å². The van der Waals surface area contributed by atoms with Gasteiger partial charge in [-0.15, -0.1) is 0 Å². The molecule has 4 nitrogen and oxygen atoms in total. The standard InChI is InChI=1S/C16H26N2O2/c1-4-18(13-5-6-13)10-9-17-12(2)15-11-14(20-3)7-8-16(15)19/h7-8,11-13,17,19H,4-6,9-10H2,1-3H3. The summed E-state index contributed by atoms with van der Waals surface area (Å²) in [5.41, 5.74) is 0.888. The number of benzene rings is 1. The third-order valence-corrected chi connectivity index (χ3v) is 4.02. The van der Waals surface area contributed by atoms with Crippen molar-refractivity contribution in [1.29, 1.82) is 0 Å². The Hall–Kier alpha value is -1.26. The van der Waals surface area contributed by atoms with Crippen LogP contribution in [-0.2, 0) is 0 Å². The van der Waals surface area contributed by atoms with Crippen LogP contribution < -0.4 is 10.1 Å². The molecular formula is C16H26N2O2. The molecule has 0 radical (unpaired) electrons. The first-order valence-electron chi connectivity index (χ1n) is 7.50. The van der Waals surface area contributed by atoms with Gasteiger partial charge in [-0.2, -0.15) is 0 Å². The van der Waals surface area contributed by atoms with Gasteiger partial charge in [-0.1, -0.05) is 6.92 Å². The fourth-order valence-electron chi connectivity index (χ4n) is 2.58. The highest BCUT2D eigenvalue weighted by Gasteiger charge is 2.27. The van der Waals surface area contributed by atoms with Crippen LogP contribution in [0.1, 0.15) is 38.3 Å². The number of ether oxygens (including phenoxy) is 1. The second-order valence-electron chi connectivity index (χ2n) is 5.46. The van der Waals surface area contributed by atoms with Gasteiger partial charge in [-0.25, -0.2) is 0 Å². The van der Waals surface area contributed by atoms with Crippen molar-refractivity contribution < 1.29 is 9.84 Å². The molecule has 0 aliphatic heterocycles. The van der Waals surface area contributed by atoms with Crippen molar-refractivity contribution in [2.45, 2.75) is 38.8 Å². The molecular weight excluding hydrogens is 252 g/mol. The topological polar surface area (TPSA) is 44.7 Å². The second-order valence-corrected chi connectivity index (χ2v) is 5.46. The van der Waals surface area contributed by atoms with Gasteiger partial charge in [-0.05, 0) is 44.5 Å². The molecule has 1 atom stereocenters. The van der Waals surface area contributed by atoms with E-state index < -0.39 is 0 Å². The average Bonchev–Trinajstić information content (AvgIpc) is 3.28. The highest BCUT2D eigenvalue weighted by Crippen LogP contribution is 2.28. The van der Waals surface area contributed by atoms with Gasteiger partial charge < -0.3 is 15.2 Å². The van der Waals surface area contributed by atoms with Crippen molar-refractivity contribution in [3.8, 4) is 11.5 Å². The normalized spacial score (nSPS) is 16.4. The smallest absolute Gasteiger partial charge is 0.120 e. The van der Waals surface area contributed by atoms with Crippen molar-refractivity contribution >= 4 is 0 Å². The summed E-state index contributed by atoms with van der Waals surface area (Å²) >= 11 is 0. The van der Waals surface area contributed by atoms with Gasteiger partial charge >= 0.3 is 0 Å². The molecule has 1 aromatic carbocycles. The van der Waals surface area contributed by atoms with Gasteiger partial charge in [0, 0.05) is 30.7 Å². The fourth-order valence-corrected chi connectivity index (χ4v) is 2.58. The molecule has 1 aliphatic rings. The number of phenols is 1. The Balaban J connectivity index is 1.86. The Morgan fingerprint density at radius 3 is 2.80 bits per heavy atom. The number of phenolic OH excluding ortho intramolecular Hbond substituents is 1. The Morgan fingerprint density at radius 2 is 2.20 bits per heavy atom. The quantitative estimate of drug-likeness (QED) is 0.767. The minimum Gasteiger partial charge on any atom is -0.508 e. The molecule has 1 fully saturated rings. The summed E-state index contributed by atoms with van der Waals surface area (Å²) < 4.78 is 5.21. The van der Waals surface area contributed by atoms with Crippen LogP contribution >= 0.6 is 0 Å². The van der Waals surface area contributed by atoms with Gasteiger partial charge in [0.15, 0.2) is 0 Å². The summed E-state index contributed by atoms with van der Waals surface area (Å²) in [6.07, 6.45) is 2.69. The summed E-state index contributed by atoms with van der Waals surface area (Å²) in [6.45, 7) is 7.40. The van der Waals surface area contributed by atoms with Crippen LogP contribution in [0.15, 0.2) is 18.2 Å². The summed E-state index contributed by atoms with van der Waals surface area (Å²) in [4.78, 5) is 2.52. The SMILES string of the molecule is CCN(CCNC(C)c1cc(OC)ccc1O)C1CC1. The monoisotopic (exact) mass is 278 g/mol. The van der Waals surface area contributed by atoms with Crippen molar-refractivity contribution in [1.82, 2.24) is 10.2 Å². The molecule has 20 heavy (non-hydrogen) atoms. The lowest BCUT2D eigenvalue weighted by Crippen LogP contribution is -2.34. The third kappa shape index (κ3) is 3.87. The van der Waals surface area contributed by atoms with E-state index in [0.717, 1.165) is 37.0 Å². The lowest BCUT2D eigenvalue weighted by molar-refractivity contribution is 0.273. The van der Waals surface area contributed by atoms with Crippen LogP contribution in [0.2, 0.25) is 0 Å². The van der Waals surface area contributed by atoms with E-state index in [0.29, 0.717) is 5.75 Å². The minimum absolute atomic E-state index is 0.114. The molecule has 0 saturated heterocycles. The zero-order chi connectivity index (χ0) is 14.5. The number of methoxy groups -OCH3 is 1. The van der Waals surface area contributed by atoms with Gasteiger partial charge in [0.05, 0.1) is 7.11 Å². The highest BCUT2D eigenvalue weighted by molar-refractivity contribution is 5.41. The second kappa shape index (κ2) is 6.95. The first-order valence-corrected chi connectivity index (χ1v) is 7.50. The zero-order valence-electron chi connectivity index (χ0n) is 12.7. The molecule has 4 heteroatoms. The Kier molecular flexibility index (Phi) is 5.26. The lowest BCUT2D eigenvalue weighted by Gasteiger charge is -2.22. The maximum absolute atomic E-state index is 9.95. The summed E-state index contributed by atoms with van der Waals surface area (Å²) in [5.74, 6) is 1.10. The molecule has 1 unspecified atom stereocenters. The van der Waals surface area contributed by atoms with E-state index in [9.17, 15) is 5.11 Å². The van der Waals surface area contributed by atoms with Gasteiger partial charge in [0.25, 0.3) is 0 Å². The summed E-state index contributed by atoms with van der Waals surface area (Å²) in [7, 11) is 1.64. The Bertz CT molecular complexity index is 432. The third-order valence-electron chi connectivity index (χ3n) is 4.02. The number of likely N-dealkylation sites (N-methyl/N-ethyl adjacent to an activating group) is 1. The predicted molar refractivity (Wildman–Crippen MR) is 81.3 cm³/mol. The van der Waals surface area contributed by atoms with Crippen LogP contribution in [0.3, 0.4) is 0 Å². The van der Waals surface area contributed by atoms with Crippen molar-refractivity contribution in [2.75, 3.05) is 26.7 Å². The van der Waals surface area contributed by atoms with E-state index in [1.807, 2.05) is 6.07 Å². The molecule has 0 spiro atoms. The van der Waals surface area contributed by atoms with Crippen molar-refractivity contribution in [3.63, 3.8) is 0 Å². The zero-order valence-corrected chi connectivity index (χ0v) is 12.7. The predicted octanol–water partition coefficient (Wildman–Crippen LogP) is 2.54. The molecule has 0 heterocycles. The number of hydrogen-bond acceptors (Lipinski definition) is 4. The van der Waals surface area contributed by atoms with Gasteiger partial charge in [0.2, 0.25) is 0 Å². The first kappa shape index (κ1) is 15.1. The van der Waals surface area contributed by atoms with E-state index in [2.05, 4.69) is 24.1 Å². The number of hydrogen-bond donors (Lipinski definition) is 2. The van der Waals surface area contributed by atoms with E-state index >= 15 is 0 Å². The number of nitrogens with one attached hydrogen (secondary N) is 1. The molecule has 2 rings (SSSR count). The van der Waals surface area contributed by atoms with Crippen molar-refractivity contribution in [2.24, 2.45) is 0 Å². The number of rotatable bonds is 8. The Labute approximate surface area is 121 Å². The van der Waals surface area contributed by atoms with Gasteiger partial charge in [-0.3, -0.25) is 4.90 Å². The number of nitrogens with zero attached hydrogens (tertiary/aromatic N) is 1. The molecule has 112 valence electrons. The van der Waals surface area contributed by atoms with Gasteiger partial charge in [0.1, 0.15) is 11.5 Å². The largest absolute Gasteiger partial charge is 0.508 e.